The molecule has 0 saturated carbocycles. The van der Waals surface area contributed by atoms with E-state index in [1.165, 1.54) is 18.5 Å². The van der Waals surface area contributed by atoms with Crippen LogP contribution in [0.4, 0.5) is 15.9 Å². The molecule has 3 aromatic rings. The van der Waals surface area contributed by atoms with Gasteiger partial charge in [-0.3, -0.25) is 4.79 Å². The molecule has 0 saturated heterocycles. The largest absolute Gasteiger partial charge is 0.496 e. The first-order chi connectivity index (χ1) is 13.2. The van der Waals surface area contributed by atoms with Gasteiger partial charge in [0.25, 0.3) is 5.91 Å². The van der Waals surface area contributed by atoms with Crippen molar-refractivity contribution in [1.29, 1.82) is 0 Å². The number of carbonyl (C=O) groups excluding carboxylic acids is 1. The lowest BCUT2D eigenvalue weighted by Crippen LogP contribution is -2.26. The van der Waals surface area contributed by atoms with E-state index >= 15 is 0 Å². The molecule has 2 aromatic carbocycles. The number of benzene rings is 2. The summed E-state index contributed by atoms with van der Waals surface area (Å²) in [5.41, 5.74) is 1.49. The summed E-state index contributed by atoms with van der Waals surface area (Å²) in [5.74, 6) is 0.424. The zero-order valence-corrected chi connectivity index (χ0v) is 14.8. The normalized spacial score (nSPS) is 10.3. The van der Waals surface area contributed by atoms with Gasteiger partial charge in [0.2, 0.25) is 0 Å². The molecule has 0 aliphatic carbocycles. The van der Waals surface area contributed by atoms with E-state index in [1.807, 2.05) is 24.3 Å². The van der Waals surface area contributed by atoms with E-state index in [-0.39, 0.29) is 11.6 Å². The molecular formula is C20H19FN4O2. The van der Waals surface area contributed by atoms with Gasteiger partial charge < -0.3 is 15.4 Å². The molecule has 6 nitrogen and oxygen atoms in total. The highest BCUT2D eigenvalue weighted by molar-refractivity contribution is 5.92. The van der Waals surface area contributed by atoms with Crippen molar-refractivity contribution < 1.29 is 13.9 Å². The summed E-state index contributed by atoms with van der Waals surface area (Å²) >= 11 is 0. The standard InChI is InChI=1S/C20H19FN4O2/c1-27-18-9-5-2-6-14(18)10-11-22-20(26)17-12-24-19(13-23-17)25-16-8-4-3-7-15(16)21/h2-9,12-13H,10-11H2,1H3,(H,22,26)(H,24,25). The SMILES string of the molecule is COc1ccccc1CCNC(=O)c1cnc(Nc2ccccc2F)cn1. The first-order valence-electron chi connectivity index (χ1n) is 8.41. The first kappa shape index (κ1) is 18.3. The molecule has 0 atom stereocenters. The number of carbonyl (C=O) groups is 1. The first-order valence-corrected chi connectivity index (χ1v) is 8.41. The van der Waals surface area contributed by atoms with Crippen LogP contribution >= 0.6 is 0 Å². The van der Waals surface area contributed by atoms with Crippen molar-refractivity contribution in [3.63, 3.8) is 0 Å². The summed E-state index contributed by atoms with van der Waals surface area (Å²) in [5, 5.41) is 5.62. The molecule has 1 aromatic heterocycles. The lowest BCUT2D eigenvalue weighted by atomic mass is 10.1. The van der Waals surface area contributed by atoms with Crippen molar-refractivity contribution in [2.75, 3.05) is 19.0 Å². The van der Waals surface area contributed by atoms with E-state index in [1.54, 1.807) is 25.3 Å². The van der Waals surface area contributed by atoms with Crippen LogP contribution in [-0.2, 0) is 6.42 Å². The molecule has 3 rings (SSSR count). The number of aromatic nitrogens is 2. The van der Waals surface area contributed by atoms with Gasteiger partial charge in [0.15, 0.2) is 0 Å². The number of nitrogens with zero attached hydrogens (tertiary/aromatic N) is 2. The fourth-order valence-electron chi connectivity index (χ4n) is 2.52. The molecule has 0 spiro atoms. The van der Waals surface area contributed by atoms with Crippen molar-refractivity contribution in [3.8, 4) is 5.75 Å². The number of para-hydroxylation sites is 2. The van der Waals surface area contributed by atoms with E-state index in [0.29, 0.717) is 24.5 Å². The Balaban J connectivity index is 1.55. The Kier molecular flexibility index (Phi) is 5.94. The third-order valence-corrected chi connectivity index (χ3v) is 3.89. The van der Waals surface area contributed by atoms with Crippen LogP contribution in [0.25, 0.3) is 0 Å². The van der Waals surface area contributed by atoms with E-state index < -0.39 is 5.82 Å². The predicted octanol–water partition coefficient (Wildman–Crippen LogP) is 3.34. The minimum atomic E-state index is -0.391. The average Bonchev–Trinajstić information content (AvgIpc) is 2.70. The van der Waals surface area contributed by atoms with Crippen molar-refractivity contribution >= 4 is 17.4 Å². The third kappa shape index (κ3) is 4.78. The van der Waals surface area contributed by atoms with Gasteiger partial charge in [0.1, 0.15) is 23.1 Å². The van der Waals surface area contributed by atoms with Crippen LogP contribution in [0.3, 0.4) is 0 Å². The second kappa shape index (κ2) is 8.75. The molecule has 7 heteroatoms. The number of nitrogens with one attached hydrogen (secondary N) is 2. The quantitative estimate of drug-likeness (QED) is 0.671. The van der Waals surface area contributed by atoms with Crippen LogP contribution in [0.15, 0.2) is 60.9 Å². The lowest BCUT2D eigenvalue weighted by molar-refractivity contribution is 0.0948. The van der Waals surface area contributed by atoms with Crippen LogP contribution in [0.2, 0.25) is 0 Å². The van der Waals surface area contributed by atoms with E-state index in [9.17, 15) is 9.18 Å². The maximum atomic E-state index is 13.6. The van der Waals surface area contributed by atoms with Crippen molar-refractivity contribution in [2.45, 2.75) is 6.42 Å². The molecule has 0 unspecified atom stereocenters. The van der Waals surface area contributed by atoms with Gasteiger partial charge in [-0.1, -0.05) is 30.3 Å². The molecule has 0 radical (unpaired) electrons. The molecule has 1 heterocycles. The zero-order chi connectivity index (χ0) is 19.1. The molecule has 0 aliphatic heterocycles. The molecule has 0 bridgehead atoms. The predicted molar refractivity (Wildman–Crippen MR) is 101 cm³/mol. The fourth-order valence-corrected chi connectivity index (χ4v) is 2.52. The van der Waals surface area contributed by atoms with Crippen molar-refractivity contribution in [3.05, 3.63) is 78.0 Å². The van der Waals surface area contributed by atoms with Gasteiger partial charge in [-0.2, -0.15) is 0 Å². The summed E-state index contributed by atoms with van der Waals surface area (Å²) < 4.78 is 18.9. The Morgan fingerprint density at radius 1 is 1.07 bits per heavy atom. The fraction of sp³-hybridized carbons (Fsp3) is 0.150. The van der Waals surface area contributed by atoms with Crippen LogP contribution in [0.1, 0.15) is 16.1 Å². The number of amides is 1. The Morgan fingerprint density at radius 3 is 2.59 bits per heavy atom. The zero-order valence-electron chi connectivity index (χ0n) is 14.8. The Labute approximate surface area is 156 Å². The van der Waals surface area contributed by atoms with Crippen LogP contribution in [-0.4, -0.2) is 29.5 Å². The molecule has 1 amide bonds. The van der Waals surface area contributed by atoms with Gasteiger partial charge in [-0.15, -0.1) is 0 Å². The Bertz CT molecular complexity index is 916. The molecule has 0 fully saturated rings. The Hall–Kier alpha value is -3.48. The van der Waals surface area contributed by atoms with Gasteiger partial charge in [0, 0.05) is 6.54 Å². The summed E-state index contributed by atoms with van der Waals surface area (Å²) in [4.78, 5) is 20.4. The topological polar surface area (TPSA) is 76.1 Å². The summed E-state index contributed by atoms with van der Waals surface area (Å²) in [6.45, 7) is 0.441. The van der Waals surface area contributed by atoms with Crippen LogP contribution in [0, 0.1) is 5.82 Å². The molecule has 27 heavy (non-hydrogen) atoms. The number of hydrogen-bond acceptors (Lipinski definition) is 5. The van der Waals surface area contributed by atoms with Gasteiger partial charge in [-0.05, 0) is 30.2 Å². The van der Waals surface area contributed by atoms with Gasteiger partial charge in [-0.25, -0.2) is 14.4 Å². The summed E-state index contributed by atoms with van der Waals surface area (Å²) in [6, 6.07) is 13.9. The van der Waals surface area contributed by atoms with E-state index in [0.717, 1.165) is 11.3 Å². The number of anilines is 2. The van der Waals surface area contributed by atoms with Gasteiger partial charge >= 0.3 is 0 Å². The maximum absolute atomic E-state index is 13.6. The number of rotatable bonds is 7. The average molecular weight is 366 g/mol. The molecular weight excluding hydrogens is 347 g/mol. The minimum absolute atomic E-state index is 0.189. The lowest BCUT2D eigenvalue weighted by Gasteiger charge is -2.09. The van der Waals surface area contributed by atoms with Crippen LogP contribution in [0.5, 0.6) is 5.75 Å². The summed E-state index contributed by atoms with van der Waals surface area (Å²) in [7, 11) is 1.61. The number of halogens is 1. The van der Waals surface area contributed by atoms with E-state index in [4.69, 9.17) is 4.74 Å². The maximum Gasteiger partial charge on any atom is 0.271 e. The molecule has 138 valence electrons. The monoisotopic (exact) mass is 366 g/mol. The van der Waals surface area contributed by atoms with E-state index in [2.05, 4.69) is 20.6 Å². The second-order valence-corrected chi connectivity index (χ2v) is 5.71. The van der Waals surface area contributed by atoms with Crippen LogP contribution < -0.4 is 15.4 Å². The second-order valence-electron chi connectivity index (χ2n) is 5.71. The number of hydrogen-bond donors (Lipinski definition) is 2. The minimum Gasteiger partial charge on any atom is -0.496 e. The summed E-state index contributed by atoms with van der Waals surface area (Å²) in [6.07, 6.45) is 3.37. The smallest absolute Gasteiger partial charge is 0.271 e. The van der Waals surface area contributed by atoms with Gasteiger partial charge in [0.05, 0.1) is 25.2 Å². The number of methoxy groups -OCH3 is 1. The highest BCUT2D eigenvalue weighted by Gasteiger charge is 2.09. The highest BCUT2D eigenvalue weighted by Crippen LogP contribution is 2.18. The molecule has 2 N–H and O–H groups in total. The highest BCUT2D eigenvalue weighted by atomic mass is 19.1. The Morgan fingerprint density at radius 2 is 1.85 bits per heavy atom. The number of ether oxygens (including phenoxy) is 1. The third-order valence-electron chi connectivity index (χ3n) is 3.89. The molecule has 0 aliphatic rings. The van der Waals surface area contributed by atoms with Crippen molar-refractivity contribution in [2.24, 2.45) is 0 Å². The van der Waals surface area contributed by atoms with Crippen molar-refractivity contribution in [1.82, 2.24) is 15.3 Å².